The minimum Gasteiger partial charge on any atom is -0.346 e. The van der Waals surface area contributed by atoms with Crippen LogP contribution < -0.4 is 0 Å². The van der Waals surface area contributed by atoms with Gasteiger partial charge in [-0.25, -0.2) is 0 Å². The first kappa shape index (κ1) is 24.9. The van der Waals surface area contributed by atoms with Crippen LogP contribution in [0, 0.1) is 13.8 Å². The second-order valence-corrected chi connectivity index (χ2v) is 11.8. The Morgan fingerprint density at radius 3 is 2.44 bits per heavy atom. The standard InChI is InChI=1S/C30H36N4OS/c1-21-14-22(2)16-24(15-21)28-25(26-17-27(30(3,4)20-35)36-29(26)32-28)7-9-33-10-12-34(13-11-33)19-23-6-5-8-31-18-23/h5-6,8,14-18,20,32H,7,9-13,19H2,1-4H3. The number of thiophene rings is 1. The van der Waals surface area contributed by atoms with Gasteiger partial charge in [0.15, 0.2) is 0 Å². The van der Waals surface area contributed by atoms with E-state index in [1.807, 2.05) is 32.3 Å². The average molecular weight is 501 g/mol. The van der Waals surface area contributed by atoms with Crippen molar-refractivity contribution in [2.24, 2.45) is 0 Å². The highest BCUT2D eigenvalue weighted by Gasteiger charge is 2.26. The molecule has 1 fully saturated rings. The second kappa shape index (κ2) is 10.3. The third-order valence-corrected chi connectivity index (χ3v) is 8.70. The molecule has 0 radical (unpaired) electrons. The summed E-state index contributed by atoms with van der Waals surface area (Å²) in [5, 5.41) is 1.27. The van der Waals surface area contributed by atoms with Crippen LogP contribution in [0.5, 0.6) is 0 Å². The quantitative estimate of drug-likeness (QED) is 0.313. The van der Waals surface area contributed by atoms with Crippen LogP contribution in [0.25, 0.3) is 21.5 Å². The van der Waals surface area contributed by atoms with Gasteiger partial charge >= 0.3 is 0 Å². The Balaban J connectivity index is 1.36. The molecule has 0 amide bonds. The maximum atomic E-state index is 11.7. The summed E-state index contributed by atoms with van der Waals surface area (Å²) < 4.78 is 0. The van der Waals surface area contributed by atoms with Gasteiger partial charge in [0.25, 0.3) is 0 Å². The number of H-pyrrole nitrogens is 1. The molecular weight excluding hydrogens is 464 g/mol. The summed E-state index contributed by atoms with van der Waals surface area (Å²) in [7, 11) is 0. The second-order valence-electron chi connectivity index (χ2n) is 10.8. The molecule has 0 spiro atoms. The lowest BCUT2D eigenvalue weighted by molar-refractivity contribution is -0.111. The summed E-state index contributed by atoms with van der Waals surface area (Å²) in [6.07, 6.45) is 5.86. The van der Waals surface area contributed by atoms with E-state index < -0.39 is 5.41 Å². The lowest BCUT2D eigenvalue weighted by Gasteiger charge is -2.34. The first-order valence-corrected chi connectivity index (χ1v) is 13.7. The summed E-state index contributed by atoms with van der Waals surface area (Å²) in [4.78, 5) is 27.1. The maximum absolute atomic E-state index is 11.7. The van der Waals surface area contributed by atoms with Crippen LogP contribution >= 0.6 is 11.3 Å². The molecule has 4 aromatic rings. The number of piperazine rings is 1. The number of hydrogen-bond donors (Lipinski definition) is 1. The van der Waals surface area contributed by atoms with Gasteiger partial charge < -0.3 is 14.7 Å². The summed E-state index contributed by atoms with van der Waals surface area (Å²) in [6.45, 7) is 14.7. The molecule has 3 aromatic heterocycles. The number of aryl methyl sites for hydroxylation is 2. The van der Waals surface area contributed by atoms with Crippen molar-refractivity contribution in [3.05, 3.63) is 75.9 Å². The Morgan fingerprint density at radius 2 is 1.78 bits per heavy atom. The third-order valence-electron chi connectivity index (χ3n) is 7.31. The van der Waals surface area contributed by atoms with Gasteiger partial charge in [-0.2, -0.15) is 0 Å². The fourth-order valence-corrected chi connectivity index (χ4v) is 6.38. The number of rotatable bonds is 8. The molecule has 0 saturated carbocycles. The number of aromatic amines is 1. The number of benzene rings is 1. The number of hydrogen-bond acceptors (Lipinski definition) is 5. The molecule has 1 aromatic carbocycles. The lowest BCUT2D eigenvalue weighted by atomic mass is 9.93. The molecule has 188 valence electrons. The van der Waals surface area contributed by atoms with E-state index in [0.717, 1.165) is 56.9 Å². The number of carbonyl (C=O) groups is 1. The Bertz CT molecular complexity index is 1330. The van der Waals surface area contributed by atoms with Crippen LogP contribution in [0.15, 0.2) is 48.8 Å². The van der Waals surface area contributed by atoms with Crippen molar-refractivity contribution >= 4 is 27.8 Å². The Kier molecular flexibility index (Phi) is 7.11. The van der Waals surface area contributed by atoms with Crippen molar-refractivity contribution in [2.75, 3.05) is 32.7 Å². The molecule has 0 aliphatic carbocycles. The van der Waals surface area contributed by atoms with E-state index in [-0.39, 0.29) is 0 Å². The lowest BCUT2D eigenvalue weighted by Crippen LogP contribution is -2.46. The SMILES string of the molecule is Cc1cc(C)cc(-c2[nH]c3sc(C(C)(C)C=O)cc3c2CCN2CCN(Cc3cccnc3)CC2)c1. The number of pyridine rings is 1. The Labute approximate surface area is 218 Å². The Morgan fingerprint density at radius 1 is 1.06 bits per heavy atom. The fraction of sp³-hybridized carbons (Fsp3) is 0.400. The predicted molar refractivity (Wildman–Crippen MR) is 150 cm³/mol. The molecular formula is C30H36N4OS. The van der Waals surface area contributed by atoms with Gasteiger partial charge in [-0.1, -0.05) is 23.3 Å². The zero-order valence-corrected chi connectivity index (χ0v) is 22.6. The summed E-state index contributed by atoms with van der Waals surface area (Å²) in [5.74, 6) is 0. The topological polar surface area (TPSA) is 52.2 Å². The molecule has 0 bridgehead atoms. The van der Waals surface area contributed by atoms with Gasteiger partial charge in [0.2, 0.25) is 0 Å². The molecule has 1 aliphatic rings. The van der Waals surface area contributed by atoms with Crippen molar-refractivity contribution in [1.29, 1.82) is 0 Å². The first-order chi connectivity index (χ1) is 17.3. The van der Waals surface area contributed by atoms with Crippen molar-refractivity contribution in [3.8, 4) is 11.3 Å². The van der Waals surface area contributed by atoms with E-state index in [1.54, 1.807) is 11.3 Å². The molecule has 5 rings (SSSR count). The van der Waals surface area contributed by atoms with Crippen molar-refractivity contribution in [2.45, 2.75) is 46.1 Å². The maximum Gasteiger partial charge on any atom is 0.130 e. The van der Waals surface area contributed by atoms with E-state index in [2.05, 4.69) is 63.9 Å². The molecule has 6 heteroatoms. The van der Waals surface area contributed by atoms with Gasteiger partial charge in [0.1, 0.15) is 11.1 Å². The van der Waals surface area contributed by atoms with Crippen LogP contribution in [0.4, 0.5) is 0 Å². The third kappa shape index (κ3) is 5.31. The highest BCUT2D eigenvalue weighted by molar-refractivity contribution is 7.19. The van der Waals surface area contributed by atoms with E-state index in [0.29, 0.717) is 0 Å². The minimum atomic E-state index is -0.466. The predicted octanol–water partition coefficient (Wildman–Crippen LogP) is 5.75. The van der Waals surface area contributed by atoms with E-state index in [9.17, 15) is 4.79 Å². The first-order valence-electron chi connectivity index (χ1n) is 12.9. The number of fused-ring (bicyclic) bond motifs is 1. The molecule has 1 saturated heterocycles. The largest absolute Gasteiger partial charge is 0.346 e. The fourth-order valence-electron chi connectivity index (χ4n) is 5.22. The summed E-state index contributed by atoms with van der Waals surface area (Å²) >= 11 is 1.72. The Hall–Kier alpha value is -2.80. The highest BCUT2D eigenvalue weighted by Crippen LogP contribution is 2.39. The van der Waals surface area contributed by atoms with Crippen LogP contribution in [0.2, 0.25) is 0 Å². The number of carbonyl (C=O) groups excluding carboxylic acids is 1. The molecule has 4 heterocycles. The van der Waals surface area contributed by atoms with Gasteiger partial charge in [0.05, 0.1) is 11.1 Å². The van der Waals surface area contributed by atoms with Gasteiger partial charge in [-0.05, 0) is 75.1 Å². The van der Waals surface area contributed by atoms with E-state index in [4.69, 9.17) is 0 Å². The number of aldehydes is 1. The molecule has 1 aliphatic heterocycles. The zero-order chi connectivity index (χ0) is 25.3. The zero-order valence-electron chi connectivity index (χ0n) is 21.8. The molecule has 0 unspecified atom stereocenters. The smallest absolute Gasteiger partial charge is 0.130 e. The van der Waals surface area contributed by atoms with Gasteiger partial charge in [-0.15, -0.1) is 11.3 Å². The molecule has 1 N–H and O–H groups in total. The number of aromatic nitrogens is 2. The van der Waals surface area contributed by atoms with Crippen molar-refractivity contribution < 1.29 is 4.79 Å². The van der Waals surface area contributed by atoms with Crippen molar-refractivity contribution in [3.63, 3.8) is 0 Å². The van der Waals surface area contributed by atoms with Crippen LogP contribution in [-0.4, -0.2) is 58.8 Å². The molecule has 0 atom stereocenters. The molecule has 5 nitrogen and oxygen atoms in total. The monoisotopic (exact) mass is 500 g/mol. The van der Waals surface area contributed by atoms with Crippen LogP contribution in [0.3, 0.4) is 0 Å². The van der Waals surface area contributed by atoms with Crippen LogP contribution in [-0.2, 0) is 23.2 Å². The summed E-state index contributed by atoms with van der Waals surface area (Å²) in [5.41, 5.74) is 7.23. The summed E-state index contributed by atoms with van der Waals surface area (Å²) in [6, 6.07) is 13.2. The van der Waals surface area contributed by atoms with Gasteiger partial charge in [-0.3, -0.25) is 9.88 Å². The van der Waals surface area contributed by atoms with E-state index >= 15 is 0 Å². The highest BCUT2D eigenvalue weighted by atomic mass is 32.1. The van der Waals surface area contributed by atoms with Crippen molar-refractivity contribution in [1.82, 2.24) is 19.8 Å². The van der Waals surface area contributed by atoms with Crippen LogP contribution in [0.1, 0.15) is 41.0 Å². The number of nitrogens with one attached hydrogen (secondary N) is 1. The van der Waals surface area contributed by atoms with Gasteiger partial charge in [0, 0.05) is 61.9 Å². The van der Waals surface area contributed by atoms with E-state index in [1.165, 1.54) is 43.7 Å². The molecule has 36 heavy (non-hydrogen) atoms. The minimum absolute atomic E-state index is 0.466. The normalized spacial score (nSPS) is 15.6. The number of nitrogens with zero attached hydrogens (tertiary/aromatic N) is 3. The average Bonchev–Trinajstić information content (AvgIpc) is 3.43.